The average Bonchev–Trinajstić information content (AvgIpc) is 2.84. The molecule has 1 spiro atoms. The van der Waals surface area contributed by atoms with Crippen molar-refractivity contribution in [3.63, 3.8) is 0 Å². The van der Waals surface area contributed by atoms with E-state index in [0.717, 1.165) is 12.8 Å². The molecule has 4 aliphatic rings. The van der Waals surface area contributed by atoms with E-state index in [1.807, 2.05) is 0 Å². The smallest absolute Gasteiger partial charge is 0.302 e. The number of ketones is 2. The van der Waals surface area contributed by atoms with E-state index in [1.165, 1.54) is 20.8 Å². The van der Waals surface area contributed by atoms with Gasteiger partial charge in [0, 0.05) is 44.4 Å². The third-order valence-corrected chi connectivity index (χ3v) is 8.99. The first-order valence-corrected chi connectivity index (χ1v) is 12.0. The zero-order chi connectivity index (χ0) is 25.2. The summed E-state index contributed by atoms with van der Waals surface area (Å²) in [6.07, 6.45) is 0.660. The van der Waals surface area contributed by atoms with Crippen molar-refractivity contribution in [2.45, 2.75) is 78.9 Å². The Hall–Kier alpha value is -2.51. The minimum absolute atomic E-state index is 0.0106. The maximum atomic E-state index is 14.0. The van der Waals surface area contributed by atoms with Crippen molar-refractivity contribution in [3.8, 4) is 0 Å². The number of ether oxygens (including phenoxy) is 3. The lowest BCUT2D eigenvalue weighted by Crippen LogP contribution is -2.72. The molecule has 8 nitrogen and oxygen atoms in total. The number of carbonyl (C=O) groups is 5. The lowest BCUT2D eigenvalue weighted by Gasteiger charge is -2.65. The summed E-state index contributed by atoms with van der Waals surface area (Å²) < 4.78 is 17.2. The SMILES string of the molecule is C=C1C(=O)[C@]23[C@H](C(=O)C[C@H]1[C@@H]2OC(C)=O)[C@]1(COC(C)=O)CCCC(C)(C)[C@H]1C[C@H]3OC(C)=O. The third kappa shape index (κ3) is 3.28. The first-order chi connectivity index (χ1) is 15.8. The Bertz CT molecular complexity index is 979. The Kier molecular flexibility index (Phi) is 5.81. The van der Waals surface area contributed by atoms with Gasteiger partial charge in [-0.15, -0.1) is 0 Å². The summed E-state index contributed by atoms with van der Waals surface area (Å²) in [6.45, 7) is 12.0. The van der Waals surface area contributed by atoms with Gasteiger partial charge in [0.05, 0.1) is 6.61 Å². The monoisotopic (exact) mass is 474 g/mol. The van der Waals surface area contributed by atoms with Crippen molar-refractivity contribution >= 4 is 29.5 Å². The summed E-state index contributed by atoms with van der Waals surface area (Å²) in [7, 11) is 0. The van der Waals surface area contributed by atoms with E-state index in [1.54, 1.807) is 0 Å². The molecule has 0 radical (unpaired) electrons. The van der Waals surface area contributed by atoms with Crippen LogP contribution in [-0.2, 0) is 38.2 Å². The van der Waals surface area contributed by atoms with Crippen LogP contribution in [0.1, 0.15) is 66.7 Å². The molecule has 4 rings (SSSR count). The zero-order valence-electron chi connectivity index (χ0n) is 20.6. The van der Waals surface area contributed by atoms with Crippen LogP contribution in [0.25, 0.3) is 0 Å². The fourth-order valence-electron chi connectivity index (χ4n) is 8.03. The molecule has 0 aliphatic heterocycles. The molecule has 4 fully saturated rings. The molecule has 0 aromatic heterocycles. The van der Waals surface area contributed by atoms with Crippen molar-refractivity contribution in [3.05, 3.63) is 12.2 Å². The molecule has 0 N–H and O–H groups in total. The second-order valence-electron chi connectivity index (χ2n) is 11.3. The highest BCUT2D eigenvalue weighted by Gasteiger charge is 2.79. The van der Waals surface area contributed by atoms with Crippen LogP contribution in [-0.4, -0.2) is 48.3 Å². The first kappa shape index (κ1) is 24.6. The molecule has 0 aromatic carbocycles. The minimum Gasteiger partial charge on any atom is -0.465 e. The van der Waals surface area contributed by atoms with Crippen molar-refractivity contribution in [1.29, 1.82) is 0 Å². The second-order valence-corrected chi connectivity index (χ2v) is 11.3. The van der Waals surface area contributed by atoms with E-state index < -0.39 is 52.8 Å². The molecule has 0 unspecified atom stereocenters. The maximum Gasteiger partial charge on any atom is 0.302 e. The first-order valence-electron chi connectivity index (χ1n) is 12.0. The summed E-state index contributed by atoms with van der Waals surface area (Å²) in [4.78, 5) is 64.3. The van der Waals surface area contributed by atoms with E-state index in [4.69, 9.17) is 14.2 Å². The normalized spacial score (nSPS) is 40.1. The second kappa shape index (κ2) is 8.02. The molecule has 0 heterocycles. The van der Waals surface area contributed by atoms with E-state index in [-0.39, 0.29) is 41.5 Å². The Labute approximate surface area is 199 Å². The van der Waals surface area contributed by atoms with Crippen molar-refractivity contribution in [2.24, 2.45) is 34.0 Å². The van der Waals surface area contributed by atoms with Gasteiger partial charge in [0.15, 0.2) is 5.78 Å². The molecule has 7 atom stereocenters. The Morgan fingerprint density at radius 1 is 1.00 bits per heavy atom. The summed E-state index contributed by atoms with van der Waals surface area (Å²) in [5, 5.41) is 0. The van der Waals surface area contributed by atoms with Gasteiger partial charge in [0.1, 0.15) is 23.4 Å². The molecular weight excluding hydrogens is 440 g/mol. The van der Waals surface area contributed by atoms with Crippen LogP contribution in [0.5, 0.6) is 0 Å². The Morgan fingerprint density at radius 3 is 2.24 bits per heavy atom. The highest BCUT2D eigenvalue weighted by atomic mass is 16.6. The quantitative estimate of drug-likeness (QED) is 0.347. The van der Waals surface area contributed by atoms with Gasteiger partial charge < -0.3 is 14.2 Å². The van der Waals surface area contributed by atoms with Gasteiger partial charge in [0.2, 0.25) is 0 Å². The van der Waals surface area contributed by atoms with Crippen LogP contribution >= 0.6 is 0 Å². The predicted octanol–water partition coefficient (Wildman–Crippen LogP) is 2.96. The van der Waals surface area contributed by atoms with E-state index in [0.29, 0.717) is 12.8 Å². The largest absolute Gasteiger partial charge is 0.465 e. The molecule has 8 heteroatoms. The lowest BCUT2D eigenvalue weighted by molar-refractivity contribution is -0.244. The van der Waals surface area contributed by atoms with Gasteiger partial charge in [-0.1, -0.05) is 26.8 Å². The van der Waals surface area contributed by atoms with E-state index in [9.17, 15) is 24.0 Å². The zero-order valence-corrected chi connectivity index (χ0v) is 20.6. The molecule has 0 amide bonds. The fraction of sp³-hybridized carbons (Fsp3) is 0.731. The number of hydrogen-bond acceptors (Lipinski definition) is 8. The molecular formula is C26H34O8. The number of carbonyl (C=O) groups excluding carboxylic acids is 5. The summed E-state index contributed by atoms with van der Waals surface area (Å²) in [5.74, 6) is -3.87. The molecule has 186 valence electrons. The third-order valence-electron chi connectivity index (χ3n) is 8.99. The maximum absolute atomic E-state index is 14.0. The standard InChI is InChI=1S/C26H34O8/c1-13-17-10-18(30)21-25(12-32-14(2)27)9-7-8-24(5,6)19(25)11-20(33-15(3)28)26(21,22(13)31)23(17)34-16(4)29/h17,19-21,23H,1,7-12H2,2-6H3/t17-,19-,20-,21-,23+,25+,26+/m1/s1. The molecule has 0 saturated heterocycles. The van der Waals surface area contributed by atoms with Crippen LogP contribution in [0.15, 0.2) is 12.2 Å². The summed E-state index contributed by atoms with van der Waals surface area (Å²) in [5.41, 5.74) is -2.44. The minimum atomic E-state index is -1.57. The molecule has 2 bridgehead atoms. The van der Waals surface area contributed by atoms with Crippen molar-refractivity contribution < 1.29 is 38.2 Å². The average molecular weight is 475 g/mol. The fourth-order valence-corrected chi connectivity index (χ4v) is 8.03. The predicted molar refractivity (Wildman–Crippen MR) is 119 cm³/mol. The molecule has 4 saturated carbocycles. The van der Waals surface area contributed by atoms with E-state index in [2.05, 4.69) is 20.4 Å². The van der Waals surface area contributed by atoms with Crippen LogP contribution in [0.3, 0.4) is 0 Å². The molecule has 4 aliphatic carbocycles. The van der Waals surface area contributed by atoms with Gasteiger partial charge in [-0.3, -0.25) is 24.0 Å². The number of Topliss-reactive ketones (excluding diaryl/α,β-unsaturated/α-hetero) is 2. The Balaban J connectivity index is 2.00. The lowest BCUT2D eigenvalue weighted by atomic mass is 9.39. The number of hydrogen-bond donors (Lipinski definition) is 0. The van der Waals surface area contributed by atoms with Crippen LogP contribution in [0, 0.1) is 34.0 Å². The van der Waals surface area contributed by atoms with Crippen LogP contribution in [0.4, 0.5) is 0 Å². The van der Waals surface area contributed by atoms with Gasteiger partial charge in [-0.25, -0.2) is 0 Å². The highest BCUT2D eigenvalue weighted by molar-refractivity contribution is 6.10. The number of fused-ring (bicyclic) bond motifs is 3. The van der Waals surface area contributed by atoms with Gasteiger partial charge in [0.25, 0.3) is 0 Å². The van der Waals surface area contributed by atoms with Crippen molar-refractivity contribution in [2.75, 3.05) is 6.61 Å². The topological polar surface area (TPSA) is 113 Å². The Morgan fingerprint density at radius 2 is 1.65 bits per heavy atom. The van der Waals surface area contributed by atoms with Gasteiger partial charge in [-0.05, 0) is 36.2 Å². The van der Waals surface area contributed by atoms with Crippen LogP contribution in [0.2, 0.25) is 0 Å². The van der Waals surface area contributed by atoms with Gasteiger partial charge >= 0.3 is 17.9 Å². The number of esters is 3. The van der Waals surface area contributed by atoms with Crippen LogP contribution < -0.4 is 0 Å². The van der Waals surface area contributed by atoms with Gasteiger partial charge in [-0.2, -0.15) is 0 Å². The molecule has 34 heavy (non-hydrogen) atoms. The molecule has 0 aromatic rings. The van der Waals surface area contributed by atoms with Crippen molar-refractivity contribution in [1.82, 2.24) is 0 Å². The summed E-state index contributed by atoms with van der Waals surface area (Å²) in [6, 6.07) is 0. The number of rotatable bonds is 4. The highest BCUT2D eigenvalue weighted by Crippen LogP contribution is 2.71. The summed E-state index contributed by atoms with van der Waals surface area (Å²) >= 11 is 0. The van der Waals surface area contributed by atoms with E-state index >= 15 is 0 Å².